The number of esters is 1. The molecular formula is C23H24O4. The molecule has 3 rings (SSSR count). The Kier molecular flexibility index (Phi) is 6.97. The number of carbonyl (C=O) groups is 1. The number of methoxy groups -OCH3 is 1. The Labute approximate surface area is 160 Å². The summed E-state index contributed by atoms with van der Waals surface area (Å²) in [5.74, 6) is -0.359. The third-order valence-corrected chi connectivity index (χ3v) is 4.34. The first-order chi connectivity index (χ1) is 13.2. The van der Waals surface area contributed by atoms with E-state index in [0.29, 0.717) is 6.42 Å². The Morgan fingerprint density at radius 3 is 2.48 bits per heavy atom. The van der Waals surface area contributed by atoms with Crippen molar-refractivity contribution in [3.8, 4) is 0 Å². The molecule has 0 aliphatic carbocycles. The molecule has 1 aliphatic heterocycles. The van der Waals surface area contributed by atoms with Crippen LogP contribution in [-0.2, 0) is 19.0 Å². The molecule has 2 aromatic rings. The summed E-state index contributed by atoms with van der Waals surface area (Å²) in [5.41, 5.74) is 2.11. The normalized spacial score (nSPS) is 22.9. The molecule has 3 atom stereocenters. The van der Waals surface area contributed by atoms with Crippen LogP contribution in [0.15, 0.2) is 78.9 Å². The molecule has 0 N–H and O–H groups in total. The van der Waals surface area contributed by atoms with Crippen LogP contribution in [0.25, 0.3) is 6.08 Å². The van der Waals surface area contributed by atoms with Crippen molar-refractivity contribution in [2.24, 2.45) is 0 Å². The fourth-order valence-corrected chi connectivity index (χ4v) is 2.95. The van der Waals surface area contributed by atoms with Gasteiger partial charge in [0.2, 0.25) is 0 Å². The van der Waals surface area contributed by atoms with E-state index in [2.05, 4.69) is 29.0 Å². The zero-order valence-corrected chi connectivity index (χ0v) is 15.4. The van der Waals surface area contributed by atoms with Crippen molar-refractivity contribution in [2.45, 2.75) is 31.3 Å². The summed E-state index contributed by atoms with van der Waals surface area (Å²) >= 11 is 0. The van der Waals surface area contributed by atoms with E-state index in [1.54, 1.807) is 6.08 Å². The first-order valence-corrected chi connectivity index (χ1v) is 9.08. The third kappa shape index (κ3) is 5.91. The summed E-state index contributed by atoms with van der Waals surface area (Å²) in [7, 11) is 1.37. The van der Waals surface area contributed by atoms with Crippen LogP contribution < -0.4 is 0 Å². The molecule has 4 heteroatoms. The van der Waals surface area contributed by atoms with Gasteiger partial charge in [-0.2, -0.15) is 0 Å². The van der Waals surface area contributed by atoms with Crippen LogP contribution in [0.4, 0.5) is 0 Å². The zero-order chi connectivity index (χ0) is 18.9. The second kappa shape index (κ2) is 9.86. The van der Waals surface area contributed by atoms with E-state index in [4.69, 9.17) is 9.47 Å². The van der Waals surface area contributed by atoms with Crippen LogP contribution in [0.3, 0.4) is 0 Å². The van der Waals surface area contributed by atoms with E-state index in [0.717, 1.165) is 17.5 Å². The molecular weight excluding hydrogens is 340 g/mol. The molecule has 1 aliphatic rings. The molecule has 0 aromatic heterocycles. The molecule has 1 heterocycles. The first kappa shape index (κ1) is 19.1. The quantitative estimate of drug-likeness (QED) is 0.551. The number of ether oxygens (including phenoxy) is 3. The molecule has 140 valence electrons. The topological polar surface area (TPSA) is 44.8 Å². The van der Waals surface area contributed by atoms with Crippen LogP contribution >= 0.6 is 0 Å². The highest BCUT2D eigenvalue weighted by Crippen LogP contribution is 2.32. The van der Waals surface area contributed by atoms with Crippen molar-refractivity contribution in [3.05, 3.63) is 90.0 Å². The molecule has 0 bridgehead atoms. The van der Waals surface area contributed by atoms with Crippen LogP contribution in [0.5, 0.6) is 0 Å². The fourth-order valence-electron chi connectivity index (χ4n) is 2.95. The second-order valence-electron chi connectivity index (χ2n) is 6.34. The van der Waals surface area contributed by atoms with Crippen molar-refractivity contribution in [1.29, 1.82) is 0 Å². The maximum Gasteiger partial charge on any atom is 0.330 e. The number of carbonyl (C=O) groups excluding carboxylic acids is 1. The largest absolute Gasteiger partial charge is 0.466 e. The summed E-state index contributed by atoms with van der Waals surface area (Å²) < 4.78 is 16.9. The van der Waals surface area contributed by atoms with E-state index >= 15 is 0 Å². The van der Waals surface area contributed by atoms with Crippen LogP contribution in [0, 0.1) is 0 Å². The Morgan fingerprint density at radius 2 is 1.78 bits per heavy atom. The van der Waals surface area contributed by atoms with Gasteiger partial charge in [-0.25, -0.2) is 4.79 Å². The predicted molar refractivity (Wildman–Crippen MR) is 105 cm³/mol. The standard InChI is InChI=1S/C23H24O4/c1-25-22(24)14-8-13-20-17-21(16-15-18-9-4-2-5-10-18)27-23(26-20)19-11-6-3-7-12-19/h2-12,14-16,20-21,23H,13,17H2,1H3/b14-8-,16-15+/t20-,21+,23?/m0/s1. The summed E-state index contributed by atoms with van der Waals surface area (Å²) in [6.45, 7) is 0. The minimum absolute atomic E-state index is 0.0460. The molecule has 1 fully saturated rings. The Hall–Kier alpha value is -2.69. The summed E-state index contributed by atoms with van der Waals surface area (Å²) in [5, 5.41) is 0. The molecule has 1 unspecified atom stereocenters. The lowest BCUT2D eigenvalue weighted by atomic mass is 10.0. The van der Waals surface area contributed by atoms with Crippen LogP contribution in [-0.4, -0.2) is 25.3 Å². The highest BCUT2D eigenvalue weighted by molar-refractivity contribution is 5.81. The monoisotopic (exact) mass is 364 g/mol. The van der Waals surface area contributed by atoms with Gasteiger partial charge in [-0.05, 0) is 12.0 Å². The molecule has 27 heavy (non-hydrogen) atoms. The van der Waals surface area contributed by atoms with Crippen LogP contribution in [0.1, 0.15) is 30.3 Å². The van der Waals surface area contributed by atoms with E-state index in [9.17, 15) is 4.79 Å². The minimum Gasteiger partial charge on any atom is -0.466 e. The van der Waals surface area contributed by atoms with Gasteiger partial charge in [-0.15, -0.1) is 0 Å². The van der Waals surface area contributed by atoms with E-state index in [1.165, 1.54) is 13.2 Å². The molecule has 1 saturated heterocycles. The molecule has 0 spiro atoms. The minimum atomic E-state index is -0.429. The van der Waals surface area contributed by atoms with Gasteiger partial charge in [0, 0.05) is 18.1 Å². The van der Waals surface area contributed by atoms with Gasteiger partial charge in [0.25, 0.3) is 0 Å². The smallest absolute Gasteiger partial charge is 0.330 e. The highest BCUT2D eigenvalue weighted by Gasteiger charge is 2.29. The molecule has 2 aromatic carbocycles. The van der Waals surface area contributed by atoms with Gasteiger partial charge in [0.1, 0.15) is 0 Å². The number of benzene rings is 2. The lowest BCUT2D eigenvalue weighted by Crippen LogP contribution is -2.32. The van der Waals surface area contributed by atoms with Crippen molar-refractivity contribution in [3.63, 3.8) is 0 Å². The van der Waals surface area contributed by atoms with E-state index < -0.39 is 6.29 Å². The summed E-state index contributed by atoms with van der Waals surface area (Å²) in [6.07, 6.45) is 8.17. The van der Waals surface area contributed by atoms with Crippen molar-refractivity contribution < 1.29 is 19.0 Å². The second-order valence-corrected chi connectivity index (χ2v) is 6.34. The lowest BCUT2D eigenvalue weighted by molar-refractivity contribution is -0.235. The maximum absolute atomic E-state index is 11.3. The van der Waals surface area contributed by atoms with E-state index in [-0.39, 0.29) is 18.2 Å². The lowest BCUT2D eigenvalue weighted by Gasteiger charge is -2.34. The van der Waals surface area contributed by atoms with Crippen molar-refractivity contribution >= 4 is 12.0 Å². The average Bonchev–Trinajstić information content (AvgIpc) is 2.73. The highest BCUT2D eigenvalue weighted by atomic mass is 16.7. The molecule has 4 nitrogen and oxygen atoms in total. The third-order valence-electron chi connectivity index (χ3n) is 4.34. The molecule has 0 saturated carbocycles. The fraction of sp³-hybridized carbons (Fsp3) is 0.261. The number of hydrogen-bond acceptors (Lipinski definition) is 4. The van der Waals surface area contributed by atoms with Gasteiger partial charge in [-0.1, -0.05) is 78.9 Å². The van der Waals surface area contributed by atoms with Crippen molar-refractivity contribution in [2.75, 3.05) is 7.11 Å². The van der Waals surface area contributed by atoms with Gasteiger partial charge in [0.05, 0.1) is 19.3 Å². The number of rotatable bonds is 6. The first-order valence-electron chi connectivity index (χ1n) is 9.08. The van der Waals surface area contributed by atoms with E-state index in [1.807, 2.05) is 48.5 Å². The van der Waals surface area contributed by atoms with Gasteiger partial charge in [-0.3, -0.25) is 0 Å². The van der Waals surface area contributed by atoms with Crippen molar-refractivity contribution in [1.82, 2.24) is 0 Å². The molecule has 0 amide bonds. The van der Waals surface area contributed by atoms with Gasteiger partial charge in [0.15, 0.2) is 6.29 Å². The maximum atomic E-state index is 11.3. The molecule has 0 radical (unpaired) electrons. The number of hydrogen-bond donors (Lipinski definition) is 0. The Morgan fingerprint density at radius 1 is 1.07 bits per heavy atom. The summed E-state index contributed by atoms with van der Waals surface area (Å²) in [6, 6.07) is 20.0. The Balaban J connectivity index is 1.71. The van der Waals surface area contributed by atoms with Gasteiger partial charge < -0.3 is 14.2 Å². The summed E-state index contributed by atoms with van der Waals surface area (Å²) in [4.78, 5) is 11.3. The SMILES string of the molecule is COC(=O)/C=C\C[C@H]1C[C@@H](/C=C/c2ccccc2)OC(c2ccccc2)O1. The van der Waals surface area contributed by atoms with Gasteiger partial charge >= 0.3 is 5.97 Å². The van der Waals surface area contributed by atoms with Crippen LogP contribution in [0.2, 0.25) is 0 Å². The average molecular weight is 364 g/mol. The predicted octanol–water partition coefficient (Wildman–Crippen LogP) is 4.69. The zero-order valence-electron chi connectivity index (χ0n) is 15.4. The Bertz CT molecular complexity index is 767.